The minimum absolute atomic E-state index is 0.191. The lowest BCUT2D eigenvalue weighted by Crippen LogP contribution is -2.32. The molecule has 1 aromatic heterocycles. The first-order valence-electron chi connectivity index (χ1n) is 6.80. The third-order valence-corrected chi connectivity index (χ3v) is 2.88. The van der Waals surface area contributed by atoms with Crippen LogP contribution in [0.1, 0.15) is 51.7 Å². The molecule has 0 saturated heterocycles. The van der Waals surface area contributed by atoms with Gasteiger partial charge in [0.1, 0.15) is 0 Å². The number of aryl methyl sites for hydroxylation is 1. The van der Waals surface area contributed by atoms with E-state index in [9.17, 15) is 4.79 Å². The lowest BCUT2D eigenvalue weighted by atomic mass is 10.2. The largest absolute Gasteiger partial charge is 0.481 e. The Hall–Kier alpha value is -1.43. The predicted octanol–water partition coefficient (Wildman–Crippen LogP) is 2.10. The third-order valence-electron chi connectivity index (χ3n) is 2.88. The van der Waals surface area contributed by atoms with Crippen molar-refractivity contribution < 1.29 is 14.4 Å². The Kier molecular flexibility index (Phi) is 6.49. The maximum absolute atomic E-state index is 10.5. The minimum atomic E-state index is -0.756. The van der Waals surface area contributed by atoms with Gasteiger partial charge in [-0.3, -0.25) is 9.69 Å². The highest BCUT2D eigenvalue weighted by Gasteiger charge is 2.14. The summed E-state index contributed by atoms with van der Waals surface area (Å²) in [5.41, 5.74) is 0. The van der Waals surface area contributed by atoms with Crippen LogP contribution in [0.3, 0.4) is 0 Å². The highest BCUT2D eigenvalue weighted by atomic mass is 16.5. The van der Waals surface area contributed by atoms with Crippen molar-refractivity contribution in [3.05, 3.63) is 11.7 Å². The molecule has 0 atom stereocenters. The van der Waals surface area contributed by atoms with Crippen molar-refractivity contribution in [1.82, 2.24) is 15.0 Å². The van der Waals surface area contributed by atoms with E-state index < -0.39 is 5.97 Å². The van der Waals surface area contributed by atoms with E-state index in [1.807, 2.05) is 0 Å². The number of nitrogens with zero attached hydrogens (tertiary/aromatic N) is 3. The van der Waals surface area contributed by atoms with Gasteiger partial charge in [-0.05, 0) is 33.2 Å². The first kappa shape index (κ1) is 15.6. The van der Waals surface area contributed by atoms with E-state index in [0.29, 0.717) is 30.7 Å². The number of carbonyl (C=O) groups is 1. The first-order valence-corrected chi connectivity index (χ1v) is 6.80. The Morgan fingerprint density at radius 1 is 1.47 bits per heavy atom. The Morgan fingerprint density at radius 3 is 2.79 bits per heavy atom. The normalized spacial score (nSPS) is 11.4. The topological polar surface area (TPSA) is 79.5 Å². The fourth-order valence-electron chi connectivity index (χ4n) is 1.80. The summed E-state index contributed by atoms with van der Waals surface area (Å²) in [6.07, 6.45) is 2.60. The molecule has 6 heteroatoms. The molecule has 1 N–H and O–H groups in total. The van der Waals surface area contributed by atoms with Crippen LogP contribution in [0.15, 0.2) is 4.52 Å². The highest BCUT2D eigenvalue weighted by molar-refractivity contribution is 5.66. The average Bonchev–Trinajstić information content (AvgIpc) is 2.75. The monoisotopic (exact) mass is 269 g/mol. The van der Waals surface area contributed by atoms with Crippen LogP contribution in [0.25, 0.3) is 0 Å². The second-order valence-electron chi connectivity index (χ2n) is 4.92. The second kappa shape index (κ2) is 7.89. The molecule has 108 valence electrons. The maximum atomic E-state index is 10.5. The van der Waals surface area contributed by atoms with Crippen LogP contribution >= 0.6 is 0 Å². The quantitative estimate of drug-likeness (QED) is 0.739. The summed E-state index contributed by atoms with van der Waals surface area (Å²) in [6, 6.07) is 0.321. The highest BCUT2D eigenvalue weighted by Crippen LogP contribution is 2.08. The predicted molar refractivity (Wildman–Crippen MR) is 70.7 cm³/mol. The van der Waals surface area contributed by atoms with Gasteiger partial charge < -0.3 is 9.63 Å². The molecule has 6 nitrogen and oxygen atoms in total. The van der Waals surface area contributed by atoms with E-state index in [1.165, 1.54) is 0 Å². The van der Waals surface area contributed by atoms with Gasteiger partial charge in [-0.15, -0.1) is 0 Å². The van der Waals surface area contributed by atoms with Crippen LogP contribution in [0.5, 0.6) is 0 Å². The molecule has 0 radical (unpaired) electrons. The lowest BCUT2D eigenvalue weighted by Gasteiger charge is -2.24. The van der Waals surface area contributed by atoms with Crippen LogP contribution in [0.2, 0.25) is 0 Å². The van der Waals surface area contributed by atoms with Gasteiger partial charge in [0.25, 0.3) is 0 Å². The van der Waals surface area contributed by atoms with E-state index in [4.69, 9.17) is 9.63 Å². The fourth-order valence-corrected chi connectivity index (χ4v) is 1.80. The van der Waals surface area contributed by atoms with Crippen molar-refractivity contribution in [2.24, 2.45) is 0 Å². The van der Waals surface area contributed by atoms with Gasteiger partial charge >= 0.3 is 5.97 Å². The van der Waals surface area contributed by atoms with E-state index in [-0.39, 0.29) is 6.42 Å². The second-order valence-corrected chi connectivity index (χ2v) is 4.92. The van der Waals surface area contributed by atoms with Crippen molar-refractivity contribution in [2.45, 2.75) is 59.0 Å². The number of hydrogen-bond donors (Lipinski definition) is 1. The van der Waals surface area contributed by atoms with Gasteiger partial charge in [0.15, 0.2) is 5.82 Å². The Labute approximate surface area is 113 Å². The summed E-state index contributed by atoms with van der Waals surface area (Å²) >= 11 is 0. The number of carboxylic acid groups (broad SMARTS) is 1. The zero-order valence-corrected chi connectivity index (χ0v) is 11.9. The van der Waals surface area contributed by atoms with E-state index in [1.54, 1.807) is 0 Å². The lowest BCUT2D eigenvalue weighted by molar-refractivity contribution is -0.137. The van der Waals surface area contributed by atoms with Crippen LogP contribution in [0, 0.1) is 0 Å². The molecule has 19 heavy (non-hydrogen) atoms. The molecule has 1 rings (SSSR count). The van der Waals surface area contributed by atoms with Crippen LogP contribution in [-0.2, 0) is 17.8 Å². The minimum Gasteiger partial charge on any atom is -0.481 e. The van der Waals surface area contributed by atoms with Crippen LogP contribution in [0.4, 0.5) is 0 Å². The molecule has 0 aliphatic carbocycles. The van der Waals surface area contributed by atoms with E-state index in [2.05, 4.69) is 35.8 Å². The first-order chi connectivity index (χ1) is 9.02. The van der Waals surface area contributed by atoms with Crippen molar-refractivity contribution in [2.75, 3.05) is 6.54 Å². The number of aliphatic carboxylic acids is 1. The third kappa shape index (κ3) is 5.83. The fraction of sp³-hybridized carbons (Fsp3) is 0.769. The molecule has 0 aliphatic rings. The van der Waals surface area contributed by atoms with Crippen molar-refractivity contribution in [3.63, 3.8) is 0 Å². The van der Waals surface area contributed by atoms with Crippen molar-refractivity contribution in [3.8, 4) is 0 Å². The SMILES string of the molecule is CCCc1nc(CN(CCCC(=O)O)C(C)C)no1. The van der Waals surface area contributed by atoms with Crippen LogP contribution in [-0.4, -0.2) is 38.7 Å². The van der Waals surface area contributed by atoms with E-state index >= 15 is 0 Å². The molecule has 0 spiro atoms. The Balaban J connectivity index is 2.49. The standard InChI is InChI=1S/C13H23N3O3/c1-4-6-12-14-11(15-19-12)9-16(10(2)3)8-5-7-13(17)18/h10H,4-9H2,1-3H3,(H,17,18). The van der Waals surface area contributed by atoms with Crippen LogP contribution < -0.4 is 0 Å². The average molecular weight is 269 g/mol. The molecule has 0 bridgehead atoms. The zero-order chi connectivity index (χ0) is 14.3. The molecule has 0 amide bonds. The molecule has 0 saturated carbocycles. The summed E-state index contributed by atoms with van der Waals surface area (Å²) in [7, 11) is 0. The molecule has 1 heterocycles. The summed E-state index contributed by atoms with van der Waals surface area (Å²) in [6.45, 7) is 7.55. The molecule has 0 aliphatic heterocycles. The van der Waals surface area contributed by atoms with Crippen molar-refractivity contribution in [1.29, 1.82) is 0 Å². The molecule has 1 aromatic rings. The summed E-state index contributed by atoms with van der Waals surface area (Å²) in [4.78, 5) is 17.0. The van der Waals surface area contributed by atoms with Crippen molar-refractivity contribution >= 4 is 5.97 Å². The molecule has 0 unspecified atom stereocenters. The number of carboxylic acids is 1. The molecular weight excluding hydrogens is 246 g/mol. The van der Waals surface area contributed by atoms with Gasteiger partial charge in [-0.1, -0.05) is 12.1 Å². The zero-order valence-electron chi connectivity index (χ0n) is 11.9. The summed E-state index contributed by atoms with van der Waals surface area (Å²) in [5.74, 6) is 0.590. The summed E-state index contributed by atoms with van der Waals surface area (Å²) in [5, 5.41) is 12.6. The van der Waals surface area contributed by atoms with Gasteiger partial charge in [0.2, 0.25) is 5.89 Å². The van der Waals surface area contributed by atoms with Gasteiger partial charge in [-0.2, -0.15) is 4.98 Å². The summed E-state index contributed by atoms with van der Waals surface area (Å²) < 4.78 is 5.15. The Bertz CT molecular complexity index is 390. The smallest absolute Gasteiger partial charge is 0.303 e. The number of aromatic nitrogens is 2. The van der Waals surface area contributed by atoms with E-state index in [0.717, 1.165) is 19.4 Å². The number of rotatable bonds is 9. The van der Waals surface area contributed by atoms with Gasteiger partial charge in [0.05, 0.1) is 6.54 Å². The number of hydrogen-bond acceptors (Lipinski definition) is 5. The van der Waals surface area contributed by atoms with Gasteiger partial charge in [-0.25, -0.2) is 0 Å². The maximum Gasteiger partial charge on any atom is 0.303 e. The Morgan fingerprint density at radius 2 is 2.21 bits per heavy atom. The van der Waals surface area contributed by atoms with Gasteiger partial charge in [0, 0.05) is 18.9 Å². The molecular formula is C13H23N3O3. The molecule has 0 aromatic carbocycles. The molecule has 0 fully saturated rings.